The molecular formula is C16H23NO2. The molecule has 0 spiro atoms. The zero-order chi connectivity index (χ0) is 13.9. The Balaban J connectivity index is 2.32. The largest absolute Gasteiger partial charge is 0.466 e. The van der Waals surface area contributed by atoms with Crippen LogP contribution in [-0.4, -0.2) is 37.1 Å². The highest BCUT2D eigenvalue weighted by Gasteiger charge is 2.05. The monoisotopic (exact) mass is 261 g/mol. The highest BCUT2D eigenvalue weighted by molar-refractivity contribution is 5.69. The molecule has 0 N–H and O–H groups in total. The number of hydrogen-bond acceptors (Lipinski definition) is 3. The Kier molecular flexibility index (Phi) is 7.59. The van der Waals surface area contributed by atoms with Crippen LogP contribution in [0.2, 0.25) is 0 Å². The van der Waals surface area contributed by atoms with Gasteiger partial charge in [-0.2, -0.15) is 0 Å². The van der Waals surface area contributed by atoms with Crippen LogP contribution in [0.4, 0.5) is 0 Å². The summed E-state index contributed by atoms with van der Waals surface area (Å²) in [7, 11) is 0. The lowest BCUT2D eigenvalue weighted by Gasteiger charge is -2.17. The maximum absolute atomic E-state index is 11.3. The van der Waals surface area contributed by atoms with Gasteiger partial charge >= 0.3 is 5.97 Å². The summed E-state index contributed by atoms with van der Waals surface area (Å²) in [5.74, 6) is -0.118. The topological polar surface area (TPSA) is 29.5 Å². The van der Waals surface area contributed by atoms with Gasteiger partial charge < -0.3 is 4.74 Å². The van der Waals surface area contributed by atoms with Crippen molar-refractivity contribution in [3.63, 3.8) is 0 Å². The summed E-state index contributed by atoms with van der Waals surface area (Å²) in [6, 6.07) is 10.2. The second kappa shape index (κ2) is 9.34. The number of ether oxygens (including phenoxy) is 1. The van der Waals surface area contributed by atoms with Crippen molar-refractivity contribution in [2.24, 2.45) is 0 Å². The van der Waals surface area contributed by atoms with Crippen LogP contribution in [0.25, 0.3) is 6.08 Å². The second-order valence-corrected chi connectivity index (χ2v) is 4.26. The number of carbonyl (C=O) groups excluding carboxylic acids is 1. The van der Waals surface area contributed by atoms with Gasteiger partial charge in [0.25, 0.3) is 0 Å². The van der Waals surface area contributed by atoms with Gasteiger partial charge in [0.15, 0.2) is 0 Å². The van der Waals surface area contributed by atoms with Crippen LogP contribution >= 0.6 is 0 Å². The summed E-state index contributed by atoms with van der Waals surface area (Å²) >= 11 is 0. The number of carbonyl (C=O) groups is 1. The summed E-state index contributed by atoms with van der Waals surface area (Å²) < 4.78 is 4.93. The molecule has 0 aliphatic rings. The van der Waals surface area contributed by atoms with Crippen molar-refractivity contribution in [2.45, 2.75) is 20.3 Å². The van der Waals surface area contributed by atoms with E-state index in [-0.39, 0.29) is 5.97 Å². The minimum atomic E-state index is -0.118. The zero-order valence-electron chi connectivity index (χ0n) is 11.8. The summed E-state index contributed by atoms with van der Waals surface area (Å²) in [5.41, 5.74) is 1.20. The fourth-order valence-corrected chi connectivity index (χ4v) is 1.76. The Hall–Kier alpha value is -1.61. The highest BCUT2D eigenvalue weighted by Crippen LogP contribution is 2.02. The van der Waals surface area contributed by atoms with Crippen LogP contribution in [0.15, 0.2) is 36.4 Å². The SMILES string of the molecule is CCOC(=O)CCN(CC)C/C=C/c1ccccc1. The minimum absolute atomic E-state index is 0.118. The zero-order valence-corrected chi connectivity index (χ0v) is 11.8. The molecule has 104 valence electrons. The maximum atomic E-state index is 11.3. The van der Waals surface area contributed by atoms with E-state index in [0.717, 1.165) is 19.6 Å². The lowest BCUT2D eigenvalue weighted by atomic mass is 10.2. The molecule has 0 aromatic heterocycles. The van der Waals surface area contributed by atoms with Gasteiger partial charge in [-0.05, 0) is 19.0 Å². The summed E-state index contributed by atoms with van der Waals surface area (Å²) in [6.07, 6.45) is 4.69. The molecule has 0 atom stereocenters. The smallest absolute Gasteiger partial charge is 0.307 e. The Morgan fingerprint density at radius 2 is 2.00 bits per heavy atom. The van der Waals surface area contributed by atoms with Gasteiger partial charge in [-0.3, -0.25) is 9.69 Å². The maximum Gasteiger partial charge on any atom is 0.307 e. The summed E-state index contributed by atoms with van der Waals surface area (Å²) in [5, 5.41) is 0. The van der Waals surface area contributed by atoms with Gasteiger partial charge in [0.1, 0.15) is 0 Å². The molecule has 0 radical (unpaired) electrons. The van der Waals surface area contributed by atoms with Crippen molar-refractivity contribution in [3.05, 3.63) is 42.0 Å². The third-order valence-corrected chi connectivity index (χ3v) is 2.86. The van der Waals surface area contributed by atoms with E-state index in [4.69, 9.17) is 4.74 Å². The molecule has 0 fully saturated rings. The van der Waals surface area contributed by atoms with Crippen molar-refractivity contribution in [1.29, 1.82) is 0 Å². The average molecular weight is 261 g/mol. The van der Waals surface area contributed by atoms with E-state index >= 15 is 0 Å². The standard InChI is InChI=1S/C16H23NO2/c1-3-17(14-12-16(18)19-4-2)13-8-11-15-9-6-5-7-10-15/h5-11H,3-4,12-14H2,1-2H3/b11-8+. The molecule has 0 aliphatic carbocycles. The molecule has 3 nitrogen and oxygen atoms in total. The Morgan fingerprint density at radius 1 is 1.26 bits per heavy atom. The molecule has 0 saturated heterocycles. The Labute approximate surface area is 115 Å². The van der Waals surface area contributed by atoms with Crippen molar-refractivity contribution in [2.75, 3.05) is 26.2 Å². The number of esters is 1. The Morgan fingerprint density at radius 3 is 2.63 bits per heavy atom. The fourth-order valence-electron chi connectivity index (χ4n) is 1.76. The van der Waals surface area contributed by atoms with Crippen molar-refractivity contribution in [3.8, 4) is 0 Å². The third-order valence-electron chi connectivity index (χ3n) is 2.86. The van der Waals surface area contributed by atoms with Crippen LogP contribution in [0.3, 0.4) is 0 Å². The number of rotatable bonds is 8. The summed E-state index contributed by atoms with van der Waals surface area (Å²) in [4.78, 5) is 13.5. The van der Waals surface area contributed by atoms with Crippen LogP contribution in [0.5, 0.6) is 0 Å². The van der Waals surface area contributed by atoms with E-state index in [0.29, 0.717) is 13.0 Å². The van der Waals surface area contributed by atoms with Crippen LogP contribution < -0.4 is 0 Å². The molecule has 1 aromatic carbocycles. The Bertz CT molecular complexity index is 387. The first-order valence-corrected chi connectivity index (χ1v) is 6.85. The molecule has 1 aromatic rings. The molecule has 0 bridgehead atoms. The van der Waals surface area contributed by atoms with Gasteiger partial charge in [-0.15, -0.1) is 0 Å². The molecule has 0 amide bonds. The second-order valence-electron chi connectivity index (χ2n) is 4.26. The number of likely N-dealkylation sites (N-methyl/N-ethyl adjacent to an activating group) is 1. The van der Waals surface area contributed by atoms with Gasteiger partial charge in [-0.25, -0.2) is 0 Å². The lowest BCUT2D eigenvalue weighted by Crippen LogP contribution is -2.26. The molecule has 0 heterocycles. The molecule has 0 aliphatic heterocycles. The van der Waals surface area contributed by atoms with Crippen molar-refractivity contribution >= 4 is 12.0 Å². The first-order valence-electron chi connectivity index (χ1n) is 6.85. The van der Waals surface area contributed by atoms with Crippen molar-refractivity contribution < 1.29 is 9.53 Å². The molecule has 0 unspecified atom stereocenters. The van der Waals surface area contributed by atoms with Gasteiger partial charge in [0.05, 0.1) is 13.0 Å². The van der Waals surface area contributed by atoms with Gasteiger partial charge in [-0.1, -0.05) is 49.4 Å². The van der Waals surface area contributed by atoms with Crippen molar-refractivity contribution in [1.82, 2.24) is 4.90 Å². The lowest BCUT2D eigenvalue weighted by molar-refractivity contribution is -0.143. The van der Waals surface area contributed by atoms with E-state index < -0.39 is 0 Å². The van der Waals surface area contributed by atoms with E-state index in [1.807, 2.05) is 25.1 Å². The molecule has 1 rings (SSSR count). The first-order chi connectivity index (χ1) is 9.26. The van der Waals surface area contributed by atoms with Crippen LogP contribution in [0.1, 0.15) is 25.8 Å². The van der Waals surface area contributed by atoms with E-state index in [2.05, 4.69) is 36.1 Å². The van der Waals surface area contributed by atoms with E-state index in [1.54, 1.807) is 0 Å². The third kappa shape index (κ3) is 6.77. The molecular weight excluding hydrogens is 238 g/mol. The first kappa shape index (κ1) is 15.4. The fraction of sp³-hybridized carbons (Fsp3) is 0.438. The number of hydrogen-bond donors (Lipinski definition) is 0. The average Bonchev–Trinajstić information content (AvgIpc) is 2.44. The van der Waals surface area contributed by atoms with E-state index in [1.165, 1.54) is 5.56 Å². The predicted molar refractivity (Wildman–Crippen MR) is 78.8 cm³/mol. The van der Waals surface area contributed by atoms with E-state index in [9.17, 15) is 4.79 Å². The highest BCUT2D eigenvalue weighted by atomic mass is 16.5. The molecule has 3 heteroatoms. The normalized spacial score (nSPS) is 11.1. The van der Waals surface area contributed by atoms with Crippen LogP contribution in [-0.2, 0) is 9.53 Å². The predicted octanol–water partition coefficient (Wildman–Crippen LogP) is 2.97. The summed E-state index contributed by atoms with van der Waals surface area (Å²) in [6.45, 7) is 6.91. The number of benzene rings is 1. The molecule has 0 saturated carbocycles. The van der Waals surface area contributed by atoms with Gasteiger partial charge in [0.2, 0.25) is 0 Å². The minimum Gasteiger partial charge on any atom is -0.466 e. The number of nitrogens with zero attached hydrogens (tertiary/aromatic N) is 1. The van der Waals surface area contributed by atoms with Gasteiger partial charge in [0, 0.05) is 13.1 Å². The quantitative estimate of drug-likeness (QED) is 0.674. The molecule has 19 heavy (non-hydrogen) atoms. The van der Waals surface area contributed by atoms with Crippen LogP contribution in [0, 0.1) is 0 Å².